The highest BCUT2D eigenvalue weighted by Gasteiger charge is 1.98. The van der Waals surface area contributed by atoms with Gasteiger partial charge < -0.3 is 0 Å². The van der Waals surface area contributed by atoms with E-state index in [1.54, 1.807) is 0 Å². The first kappa shape index (κ1) is 9.90. The number of hydrogen-bond acceptors (Lipinski definition) is 2. The molecule has 12 heavy (non-hydrogen) atoms. The Morgan fingerprint density at radius 2 is 2.00 bits per heavy atom. The van der Waals surface area contributed by atoms with Crippen LogP contribution < -0.4 is 4.84 Å². The summed E-state index contributed by atoms with van der Waals surface area (Å²) in [6.45, 7) is 0.734. The van der Waals surface area contributed by atoms with Gasteiger partial charge in [0.2, 0.25) is 0 Å². The van der Waals surface area contributed by atoms with E-state index in [0.29, 0.717) is 0 Å². The quantitative estimate of drug-likeness (QED) is 0.752. The van der Waals surface area contributed by atoms with E-state index in [-0.39, 0.29) is 0 Å². The molecule has 0 fully saturated rings. The van der Waals surface area contributed by atoms with Crippen LogP contribution in [0.2, 0.25) is 0 Å². The van der Waals surface area contributed by atoms with Crippen molar-refractivity contribution in [1.82, 2.24) is 4.84 Å². The molecule has 0 aliphatic heterocycles. The van der Waals surface area contributed by atoms with Crippen LogP contribution >= 0.6 is 23.5 Å². The summed E-state index contributed by atoms with van der Waals surface area (Å²) in [5.74, 6) is 1.05. The smallest absolute Gasteiger partial charge is 0.0362 e. The lowest BCUT2D eigenvalue weighted by Crippen LogP contribution is -2.01. The minimum absolute atomic E-state index is 0.734. The molecule has 66 valence electrons. The molecule has 0 aliphatic carbocycles. The van der Waals surface area contributed by atoms with Crippen molar-refractivity contribution in [2.75, 3.05) is 6.26 Å². The Morgan fingerprint density at radius 1 is 1.33 bits per heavy atom. The second-order valence-electron chi connectivity index (χ2n) is 2.51. The van der Waals surface area contributed by atoms with Gasteiger partial charge in [0.1, 0.15) is 0 Å². The molecular weight excluding hydrogens is 190 g/mol. The van der Waals surface area contributed by atoms with Gasteiger partial charge in [0.15, 0.2) is 0 Å². The maximum Gasteiger partial charge on any atom is 0.0362 e. The van der Waals surface area contributed by atoms with E-state index in [1.165, 1.54) is 11.1 Å². The lowest BCUT2D eigenvalue weighted by Gasteiger charge is -2.05. The van der Waals surface area contributed by atoms with Gasteiger partial charge in [0.05, 0.1) is 0 Å². The molecule has 1 aromatic rings. The SMILES string of the molecule is CSCc1ccccc1CNCl. The molecule has 0 bridgehead atoms. The summed E-state index contributed by atoms with van der Waals surface area (Å²) in [7, 11) is 0. The predicted molar refractivity (Wildman–Crippen MR) is 56.4 cm³/mol. The van der Waals surface area contributed by atoms with Crippen LogP contribution in [0.25, 0.3) is 0 Å². The summed E-state index contributed by atoms with van der Waals surface area (Å²) < 4.78 is 0. The van der Waals surface area contributed by atoms with E-state index < -0.39 is 0 Å². The minimum atomic E-state index is 0.734. The van der Waals surface area contributed by atoms with Crippen LogP contribution in [-0.4, -0.2) is 6.26 Å². The van der Waals surface area contributed by atoms with Crippen LogP contribution in [0.5, 0.6) is 0 Å². The van der Waals surface area contributed by atoms with Gasteiger partial charge in [0.25, 0.3) is 0 Å². The number of halogens is 1. The Bertz CT molecular complexity index is 215. The lowest BCUT2D eigenvalue weighted by molar-refractivity contribution is 0.949. The lowest BCUT2D eigenvalue weighted by atomic mass is 10.1. The van der Waals surface area contributed by atoms with Crippen LogP contribution in [0.1, 0.15) is 11.1 Å². The molecule has 3 heteroatoms. The zero-order valence-electron chi connectivity index (χ0n) is 7.01. The van der Waals surface area contributed by atoms with Crippen LogP contribution in [0.4, 0.5) is 0 Å². The van der Waals surface area contributed by atoms with Crippen molar-refractivity contribution in [1.29, 1.82) is 0 Å². The fraction of sp³-hybridized carbons (Fsp3) is 0.333. The molecule has 0 radical (unpaired) electrons. The van der Waals surface area contributed by atoms with Gasteiger partial charge >= 0.3 is 0 Å². The molecule has 0 heterocycles. The van der Waals surface area contributed by atoms with Crippen LogP contribution in [0.15, 0.2) is 24.3 Å². The Balaban J connectivity index is 2.77. The zero-order chi connectivity index (χ0) is 8.81. The third kappa shape index (κ3) is 2.70. The molecule has 0 unspecified atom stereocenters. The molecule has 0 amide bonds. The maximum atomic E-state index is 5.45. The molecule has 1 aromatic carbocycles. The molecule has 0 aromatic heterocycles. The second kappa shape index (κ2) is 5.46. The molecular formula is C9H12ClNS. The number of benzene rings is 1. The zero-order valence-corrected chi connectivity index (χ0v) is 8.58. The average Bonchev–Trinajstić information content (AvgIpc) is 2.09. The maximum absolute atomic E-state index is 5.45. The van der Waals surface area contributed by atoms with Crippen LogP contribution in [0.3, 0.4) is 0 Å². The van der Waals surface area contributed by atoms with Gasteiger partial charge in [-0.1, -0.05) is 24.3 Å². The fourth-order valence-corrected chi connectivity index (χ4v) is 1.83. The molecule has 1 nitrogen and oxygen atoms in total. The van der Waals surface area contributed by atoms with E-state index in [9.17, 15) is 0 Å². The Morgan fingerprint density at radius 3 is 2.58 bits per heavy atom. The Kier molecular flexibility index (Phi) is 4.51. The first-order valence-corrected chi connectivity index (χ1v) is 5.55. The highest BCUT2D eigenvalue weighted by Crippen LogP contribution is 2.14. The van der Waals surface area contributed by atoms with Gasteiger partial charge in [-0.05, 0) is 29.2 Å². The Hall–Kier alpha value is -0.180. The summed E-state index contributed by atoms with van der Waals surface area (Å²) in [6, 6.07) is 8.33. The summed E-state index contributed by atoms with van der Waals surface area (Å²) in [6.07, 6.45) is 2.10. The van der Waals surface area contributed by atoms with Crippen molar-refractivity contribution in [3.8, 4) is 0 Å². The second-order valence-corrected chi connectivity index (χ2v) is 3.65. The summed E-state index contributed by atoms with van der Waals surface area (Å²) in [5.41, 5.74) is 2.64. The molecule has 0 atom stereocenters. The molecule has 0 aliphatic rings. The first-order valence-electron chi connectivity index (χ1n) is 3.77. The normalized spacial score (nSPS) is 10.2. The molecule has 0 saturated heterocycles. The third-order valence-electron chi connectivity index (χ3n) is 1.68. The van der Waals surface area contributed by atoms with E-state index in [0.717, 1.165) is 12.3 Å². The summed E-state index contributed by atoms with van der Waals surface area (Å²) >= 11 is 7.28. The number of hydrogen-bond donors (Lipinski definition) is 1. The standard InChI is InChI=1S/C9H12ClNS/c1-12-7-9-5-3-2-4-8(9)6-11-10/h2-5,11H,6-7H2,1H3. The highest BCUT2D eigenvalue weighted by molar-refractivity contribution is 7.97. The van der Waals surface area contributed by atoms with Gasteiger partial charge in [-0.25, -0.2) is 4.84 Å². The molecule has 0 saturated carbocycles. The summed E-state index contributed by atoms with van der Waals surface area (Å²) in [4.78, 5) is 2.65. The molecule has 1 rings (SSSR count). The minimum Gasteiger partial charge on any atom is -0.229 e. The fourth-order valence-electron chi connectivity index (χ4n) is 1.10. The average molecular weight is 202 g/mol. The van der Waals surface area contributed by atoms with Crippen LogP contribution in [-0.2, 0) is 12.3 Å². The largest absolute Gasteiger partial charge is 0.229 e. The van der Waals surface area contributed by atoms with Crippen molar-refractivity contribution in [2.24, 2.45) is 0 Å². The molecule has 0 spiro atoms. The number of thioether (sulfide) groups is 1. The van der Waals surface area contributed by atoms with E-state index >= 15 is 0 Å². The number of rotatable bonds is 4. The van der Waals surface area contributed by atoms with Crippen molar-refractivity contribution in [3.05, 3.63) is 35.4 Å². The Labute approximate surface area is 82.6 Å². The van der Waals surface area contributed by atoms with Gasteiger partial charge in [0, 0.05) is 12.3 Å². The first-order chi connectivity index (χ1) is 5.88. The van der Waals surface area contributed by atoms with Crippen molar-refractivity contribution in [2.45, 2.75) is 12.3 Å². The van der Waals surface area contributed by atoms with Gasteiger partial charge in [-0.15, -0.1) is 0 Å². The van der Waals surface area contributed by atoms with E-state index in [2.05, 4.69) is 29.3 Å². The van der Waals surface area contributed by atoms with Gasteiger partial charge in [-0.3, -0.25) is 0 Å². The predicted octanol–water partition coefficient (Wildman–Crippen LogP) is 2.79. The van der Waals surface area contributed by atoms with Crippen molar-refractivity contribution >= 4 is 23.5 Å². The number of nitrogens with one attached hydrogen (secondary N) is 1. The monoisotopic (exact) mass is 201 g/mol. The van der Waals surface area contributed by atoms with Crippen molar-refractivity contribution in [3.63, 3.8) is 0 Å². The topological polar surface area (TPSA) is 12.0 Å². The molecule has 1 N–H and O–H groups in total. The highest BCUT2D eigenvalue weighted by atomic mass is 35.5. The van der Waals surface area contributed by atoms with Crippen LogP contribution in [0, 0.1) is 0 Å². The van der Waals surface area contributed by atoms with E-state index in [4.69, 9.17) is 11.8 Å². The van der Waals surface area contributed by atoms with Gasteiger partial charge in [-0.2, -0.15) is 11.8 Å². The summed E-state index contributed by atoms with van der Waals surface area (Å²) in [5, 5.41) is 0. The van der Waals surface area contributed by atoms with Crippen molar-refractivity contribution < 1.29 is 0 Å². The van der Waals surface area contributed by atoms with E-state index in [1.807, 2.05) is 17.8 Å². The third-order valence-corrected chi connectivity index (χ3v) is 2.41.